The molecule has 0 spiro atoms. The maximum absolute atomic E-state index is 11.9. The zero-order valence-electron chi connectivity index (χ0n) is 12.1. The first-order chi connectivity index (χ1) is 10.5. The molecule has 0 saturated heterocycles. The van der Waals surface area contributed by atoms with E-state index in [1.54, 1.807) is 19.1 Å². The molecule has 0 N–H and O–H groups in total. The van der Waals surface area contributed by atoms with Crippen LogP contribution in [0.15, 0.2) is 17.7 Å². The first-order valence-electron chi connectivity index (χ1n) is 6.46. The summed E-state index contributed by atoms with van der Waals surface area (Å²) in [6, 6.07) is 5.03. The van der Waals surface area contributed by atoms with Crippen molar-refractivity contribution in [2.75, 3.05) is 20.5 Å². The van der Waals surface area contributed by atoms with E-state index in [0.29, 0.717) is 22.1 Å². The predicted molar refractivity (Wildman–Crippen MR) is 78.6 cm³/mol. The average Bonchev–Trinajstić information content (AvgIpc) is 2.93. The molecule has 2 rings (SSSR count). The van der Waals surface area contributed by atoms with E-state index in [0.717, 1.165) is 0 Å². The Morgan fingerprint density at radius 2 is 2.32 bits per heavy atom. The van der Waals surface area contributed by atoms with Crippen LogP contribution < -0.4 is 9.47 Å². The Labute approximate surface area is 132 Å². The number of carbonyl (C=O) groups excluding carboxylic acids is 1. The molecule has 0 unspecified atom stereocenters. The van der Waals surface area contributed by atoms with Gasteiger partial charge < -0.3 is 18.9 Å². The second-order valence-corrected chi connectivity index (χ2v) is 4.98. The fourth-order valence-corrected chi connectivity index (χ4v) is 2.16. The van der Waals surface area contributed by atoms with Gasteiger partial charge in [0.15, 0.2) is 11.5 Å². The Kier molecular flexibility index (Phi) is 5.26. The minimum absolute atomic E-state index is 0.0872. The molecule has 7 heteroatoms. The lowest BCUT2D eigenvalue weighted by Crippen LogP contribution is -2.20. The number of rotatable bonds is 5. The topological polar surface area (TPSA) is 77.8 Å². The van der Waals surface area contributed by atoms with Crippen molar-refractivity contribution < 1.29 is 23.7 Å². The highest BCUT2D eigenvalue weighted by Crippen LogP contribution is 2.40. The minimum Gasteiger partial charge on any atom is -0.456 e. The zero-order chi connectivity index (χ0) is 16.1. The van der Waals surface area contributed by atoms with Crippen LogP contribution in [0.2, 0.25) is 5.02 Å². The summed E-state index contributed by atoms with van der Waals surface area (Å²) in [5.74, 6) is 0.201. The van der Waals surface area contributed by atoms with E-state index in [1.165, 1.54) is 13.2 Å². The number of carbonyl (C=O) groups is 1. The summed E-state index contributed by atoms with van der Waals surface area (Å²) in [4.78, 5) is 11.9. The van der Waals surface area contributed by atoms with Crippen LogP contribution in [-0.4, -0.2) is 32.6 Å². The normalized spacial score (nSPS) is 14.4. The third-order valence-corrected chi connectivity index (χ3v) is 3.09. The maximum atomic E-state index is 11.9. The Bertz CT molecular complexity index is 650. The summed E-state index contributed by atoms with van der Waals surface area (Å²) in [6.45, 7) is 2.01. The third-order valence-electron chi connectivity index (χ3n) is 2.81. The lowest BCUT2D eigenvalue weighted by molar-refractivity contribution is -0.145. The summed E-state index contributed by atoms with van der Waals surface area (Å²) >= 11 is 6.06. The van der Waals surface area contributed by atoms with Gasteiger partial charge in [0.05, 0.1) is 11.6 Å². The molecule has 1 aliphatic rings. The third kappa shape index (κ3) is 3.70. The van der Waals surface area contributed by atoms with E-state index >= 15 is 0 Å². The van der Waals surface area contributed by atoms with Crippen LogP contribution in [-0.2, 0) is 14.3 Å². The number of ether oxygens (including phenoxy) is 4. The highest BCUT2D eigenvalue weighted by Gasteiger charge is 2.19. The molecular formula is C15H14ClNO5. The van der Waals surface area contributed by atoms with Gasteiger partial charge in [-0.3, -0.25) is 0 Å². The summed E-state index contributed by atoms with van der Waals surface area (Å²) in [5, 5.41) is 9.47. The number of halogens is 1. The summed E-state index contributed by atoms with van der Waals surface area (Å²) in [5.41, 5.74) is 0.403. The van der Waals surface area contributed by atoms with Crippen LogP contribution >= 0.6 is 11.6 Å². The molecule has 0 aliphatic carbocycles. The van der Waals surface area contributed by atoms with Crippen molar-refractivity contribution in [3.8, 4) is 17.6 Å². The molecule has 0 radical (unpaired) electrons. The van der Waals surface area contributed by atoms with E-state index in [2.05, 4.69) is 0 Å². The fourth-order valence-electron chi connectivity index (χ4n) is 1.89. The molecule has 0 amide bonds. The van der Waals surface area contributed by atoms with Gasteiger partial charge in [-0.1, -0.05) is 11.6 Å². The number of nitrogens with zero attached hydrogens (tertiary/aromatic N) is 1. The Morgan fingerprint density at radius 3 is 3.00 bits per heavy atom. The highest BCUT2D eigenvalue weighted by molar-refractivity contribution is 6.32. The first-order valence-corrected chi connectivity index (χ1v) is 6.83. The number of esters is 1. The second kappa shape index (κ2) is 7.16. The molecule has 0 bridgehead atoms. The van der Waals surface area contributed by atoms with Gasteiger partial charge in [0.25, 0.3) is 0 Å². The van der Waals surface area contributed by atoms with Gasteiger partial charge in [-0.05, 0) is 30.7 Å². The van der Waals surface area contributed by atoms with Crippen molar-refractivity contribution in [3.05, 3.63) is 28.3 Å². The number of hydrogen-bond donors (Lipinski definition) is 0. The van der Waals surface area contributed by atoms with Crippen molar-refractivity contribution in [2.24, 2.45) is 0 Å². The molecule has 22 heavy (non-hydrogen) atoms. The van der Waals surface area contributed by atoms with Crippen molar-refractivity contribution in [3.63, 3.8) is 0 Å². The van der Waals surface area contributed by atoms with Gasteiger partial charge in [-0.15, -0.1) is 0 Å². The number of nitriles is 1. The molecule has 1 aliphatic heterocycles. The number of hydrogen-bond acceptors (Lipinski definition) is 6. The lowest BCUT2D eigenvalue weighted by Gasteiger charge is -2.11. The molecule has 0 fully saturated rings. The molecule has 116 valence electrons. The molecule has 1 atom stereocenters. The summed E-state index contributed by atoms with van der Waals surface area (Å²) in [6.07, 6.45) is 0.935. The van der Waals surface area contributed by atoms with Gasteiger partial charge >= 0.3 is 5.97 Å². The average molecular weight is 324 g/mol. The van der Waals surface area contributed by atoms with Gasteiger partial charge in [-0.2, -0.15) is 5.26 Å². The molecule has 1 aromatic rings. The number of benzene rings is 1. The number of methoxy groups -OCH3 is 1. The van der Waals surface area contributed by atoms with Gasteiger partial charge in [-0.25, -0.2) is 4.79 Å². The van der Waals surface area contributed by atoms with Crippen molar-refractivity contribution in [1.29, 1.82) is 5.26 Å². The molecular weight excluding hydrogens is 310 g/mol. The van der Waals surface area contributed by atoms with Crippen LogP contribution in [0, 0.1) is 11.3 Å². The first kappa shape index (κ1) is 16.1. The standard InChI is InChI=1S/C15H14ClNO5/c1-9(7-19-2)22-15(18)11(6-17)3-10-4-12(16)14-13(5-10)20-8-21-14/h3-5,9H,7-8H2,1-2H3/b11-3+/t9-/m0/s1. The van der Waals surface area contributed by atoms with Crippen LogP contribution in [0.3, 0.4) is 0 Å². The largest absolute Gasteiger partial charge is 0.456 e. The Morgan fingerprint density at radius 1 is 1.55 bits per heavy atom. The van der Waals surface area contributed by atoms with Gasteiger partial charge in [0.1, 0.15) is 17.7 Å². The lowest BCUT2D eigenvalue weighted by atomic mass is 10.1. The minimum atomic E-state index is -0.721. The van der Waals surface area contributed by atoms with Crippen molar-refractivity contribution in [2.45, 2.75) is 13.0 Å². The quantitative estimate of drug-likeness (QED) is 0.471. The number of fused-ring (bicyclic) bond motifs is 1. The van der Waals surface area contributed by atoms with E-state index in [9.17, 15) is 4.79 Å². The van der Waals surface area contributed by atoms with Crippen LogP contribution in [0.5, 0.6) is 11.5 Å². The predicted octanol–water partition coefficient (Wildman–Crippen LogP) is 2.55. The van der Waals surface area contributed by atoms with E-state index in [1.807, 2.05) is 6.07 Å². The molecule has 0 aromatic heterocycles. The maximum Gasteiger partial charge on any atom is 0.349 e. The summed E-state index contributed by atoms with van der Waals surface area (Å²) < 4.78 is 20.4. The van der Waals surface area contributed by atoms with Gasteiger partial charge in [0, 0.05) is 7.11 Å². The monoisotopic (exact) mass is 323 g/mol. The fraction of sp³-hybridized carbons (Fsp3) is 0.333. The molecule has 1 aromatic carbocycles. The summed E-state index contributed by atoms with van der Waals surface area (Å²) in [7, 11) is 1.50. The zero-order valence-corrected chi connectivity index (χ0v) is 12.8. The Hall–Kier alpha value is -2.23. The molecule has 0 saturated carbocycles. The van der Waals surface area contributed by atoms with Crippen LogP contribution in [0.25, 0.3) is 6.08 Å². The smallest absolute Gasteiger partial charge is 0.349 e. The van der Waals surface area contributed by atoms with E-state index in [-0.39, 0.29) is 19.0 Å². The highest BCUT2D eigenvalue weighted by atomic mass is 35.5. The van der Waals surface area contributed by atoms with Crippen LogP contribution in [0.4, 0.5) is 0 Å². The Balaban J connectivity index is 2.21. The van der Waals surface area contributed by atoms with Crippen molar-refractivity contribution in [1.82, 2.24) is 0 Å². The van der Waals surface area contributed by atoms with E-state index < -0.39 is 12.1 Å². The van der Waals surface area contributed by atoms with Crippen molar-refractivity contribution >= 4 is 23.6 Å². The van der Waals surface area contributed by atoms with Crippen LogP contribution in [0.1, 0.15) is 12.5 Å². The van der Waals surface area contributed by atoms with E-state index in [4.69, 9.17) is 35.8 Å². The molecule has 6 nitrogen and oxygen atoms in total. The van der Waals surface area contributed by atoms with Gasteiger partial charge in [0.2, 0.25) is 6.79 Å². The second-order valence-electron chi connectivity index (χ2n) is 4.58. The molecule has 1 heterocycles. The SMILES string of the molecule is COC[C@H](C)OC(=O)/C(C#N)=C/c1cc(Cl)c2c(c1)OCO2.